The second kappa shape index (κ2) is 6.39. The Balaban J connectivity index is 1.83. The van der Waals surface area contributed by atoms with Crippen LogP contribution in [-0.4, -0.2) is 36.5 Å². The van der Waals surface area contributed by atoms with Gasteiger partial charge in [-0.3, -0.25) is 4.79 Å². The zero-order chi connectivity index (χ0) is 12.1. The summed E-state index contributed by atoms with van der Waals surface area (Å²) in [5.41, 5.74) is 0. The summed E-state index contributed by atoms with van der Waals surface area (Å²) < 4.78 is 0. The number of carbonyl (C=O) groups excluding carboxylic acids is 1. The van der Waals surface area contributed by atoms with E-state index in [0.717, 1.165) is 38.4 Å². The predicted octanol–water partition coefficient (Wildman–Crippen LogP) is 2.17. The molecule has 2 aliphatic heterocycles. The van der Waals surface area contributed by atoms with E-state index in [1.807, 2.05) is 0 Å². The summed E-state index contributed by atoms with van der Waals surface area (Å²) in [6.07, 6.45) is 8.54. The molecule has 0 aromatic heterocycles. The summed E-state index contributed by atoms with van der Waals surface area (Å²) in [4.78, 5) is 14.4. The minimum atomic E-state index is 0.123. The number of likely N-dealkylation sites (tertiary alicyclic amines) is 1. The molecule has 2 unspecified atom stereocenters. The number of carbonyl (C=O) groups is 1. The number of hydrogen-bond acceptors (Lipinski definition) is 2. The first-order valence-electron chi connectivity index (χ1n) is 7.33. The quantitative estimate of drug-likeness (QED) is 0.817. The lowest BCUT2D eigenvalue weighted by Crippen LogP contribution is -2.44. The molecule has 0 aromatic rings. The van der Waals surface area contributed by atoms with Gasteiger partial charge in [-0.05, 0) is 44.6 Å². The second-order valence-electron chi connectivity index (χ2n) is 5.56. The van der Waals surface area contributed by atoms with Gasteiger partial charge in [-0.25, -0.2) is 0 Å². The normalized spacial score (nSPS) is 30.3. The van der Waals surface area contributed by atoms with Crippen molar-refractivity contribution in [3.8, 4) is 0 Å². The molecule has 3 heteroatoms. The Kier molecular flexibility index (Phi) is 4.84. The maximum Gasteiger partial charge on any atom is 0.239 e. The number of nitrogens with one attached hydrogen (secondary N) is 1. The summed E-state index contributed by atoms with van der Waals surface area (Å²) in [6, 6.07) is 0.123. The minimum Gasteiger partial charge on any atom is -0.341 e. The highest BCUT2D eigenvalue weighted by molar-refractivity contribution is 5.82. The number of nitrogens with zero attached hydrogens (tertiary/aromatic N) is 1. The first-order chi connectivity index (χ1) is 8.31. The lowest BCUT2D eigenvalue weighted by molar-refractivity contribution is -0.133. The maximum atomic E-state index is 12.3. The van der Waals surface area contributed by atoms with Gasteiger partial charge in [-0.1, -0.05) is 19.8 Å². The van der Waals surface area contributed by atoms with Crippen LogP contribution >= 0.6 is 0 Å². The first-order valence-corrected chi connectivity index (χ1v) is 7.33. The SMILES string of the molecule is CCCC1CCCN(C(=O)C2CCCN2)CC1. The second-order valence-corrected chi connectivity index (χ2v) is 5.56. The number of hydrogen-bond donors (Lipinski definition) is 1. The third-order valence-corrected chi connectivity index (χ3v) is 4.21. The van der Waals surface area contributed by atoms with Gasteiger partial charge in [0.05, 0.1) is 6.04 Å². The van der Waals surface area contributed by atoms with Crippen LogP contribution in [0, 0.1) is 5.92 Å². The van der Waals surface area contributed by atoms with Crippen molar-refractivity contribution < 1.29 is 4.79 Å². The van der Waals surface area contributed by atoms with Crippen LogP contribution in [0.1, 0.15) is 51.9 Å². The Morgan fingerprint density at radius 1 is 1.24 bits per heavy atom. The molecule has 98 valence electrons. The molecule has 17 heavy (non-hydrogen) atoms. The Bertz CT molecular complexity index is 249. The van der Waals surface area contributed by atoms with Gasteiger partial charge in [0.25, 0.3) is 0 Å². The number of rotatable bonds is 3. The summed E-state index contributed by atoms with van der Waals surface area (Å²) in [5, 5.41) is 3.32. The van der Waals surface area contributed by atoms with E-state index in [1.54, 1.807) is 0 Å². The van der Waals surface area contributed by atoms with Gasteiger partial charge in [-0.2, -0.15) is 0 Å². The average molecular weight is 238 g/mol. The van der Waals surface area contributed by atoms with E-state index < -0.39 is 0 Å². The minimum absolute atomic E-state index is 0.123. The molecule has 2 aliphatic rings. The lowest BCUT2D eigenvalue weighted by Gasteiger charge is -2.24. The van der Waals surface area contributed by atoms with E-state index in [2.05, 4.69) is 17.1 Å². The van der Waals surface area contributed by atoms with E-state index in [4.69, 9.17) is 0 Å². The monoisotopic (exact) mass is 238 g/mol. The van der Waals surface area contributed by atoms with E-state index in [1.165, 1.54) is 32.1 Å². The predicted molar refractivity (Wildman–Crippen MR) is 69.9 cm³/mol. The van der Waals surface area contributed by atoms with E-state index >= 15 is 0 Å². The molecular weight excluding hydrogens is 212 g/mol. The van der Waals surface area contributed by atoms with Crippen molar-refractivity contribution in [3.05, 3.63) is 0 Å². The summed E-state index contributed by atoms with van der Waals surface area (Å²) in [5.74, 6) is 1.22. The van der Waals surface area contributed by atoms with Crippen molar-refractivity contribution in [1.29, 1.82) is 0 Å². The van der Waals surface area contributed by atoms with Crippen LogP contribution in [0.2, 0.25) is 0 Å². The van der Waals surface area contributed by atoms with Crippen LogP contribution in [0.15, 0.2) is 0 Å². The summed E-state index contributed by atoms with van der Waals surface area (Å²) in [7, 11) is 0. The van der Waals surface area contributed by atoms with Gasteiger partial charge in [0.2, 0.25) is 5.91 Å². The molecule has 2 atom stereocenters. The lowest BCUT2D eigenvalue weighted by atomic mass is 9.96. The molecule has 0 aromatic carbocycles. The van der Waals surface area contributed by atoms with Crippen molar-refractivity contribution in [1.82, 2.24) is 10.2 Å². The van der Waals surface area contributed by atoms with E-state index in [-0.39, 0.29) is 6.04 Å². The van der Waals surface area contributed by atoms with E-state index in [9.17, 15) is 4.79 Å². The Labute approximate surface area is 105 Å². The number of amides is 1. The zero-order valence-corrected chi connectivity index (χ0v) is 11.1. The van der Waals surface area contributed by atoms with Gasteiger partial charge in [-0.15, -0.1) is 0 Å². The molecule has 2 heterocycles. The molecule has 1 N–H and O–H groups in total. The largest absolute Gasteiger partial charge is 0.341 e. The van der Waals surface area contributed by atoms with Crippen LogP contribution < -0.4 is 5.32 Å². The molecule has 0 radical (unpaired) electrons. The zero-order valence-electron chi connectivity index (χ0n) is 11.1. The highest BCUT2D eigenvalue weighted by atomic mass is 16.2. The molecule has 1 amide bonds. The van der Waals surface area contributed by atoms with Crippen molar-refractivity contribution in [3.63, 3.8) is 0 Å². The molecule has 2 saturated heterocycles. The Hall–Kier alpha value is -0.570. The molecule has 0 bridgehead atoms. The molecule has 0 saturated carbocycles. The van der Waals surface area contributed by atoms with Crippen LogP contribution in [0.3, 0.4) is 0 Å². The standard InChI is InChI=1S/C14H26N2O/c1-2-5-12-6-4-10-16(11-8-12)14(17)13-7-3-9-15-13/h12-13,15H,2-11H2,1H3. The van der Waals surface area contributed by atoms with Crippen molar-refractivity contribution in [2.45, 2.75) is 57.9 Å². The third kappa shape index (κ3) is 3.44. The van der Waals surface area contributed by atoms with Crippen LogP contribution in [0.5, 0.6) is 0 Å². The third-order valence-electron chi connectivity index (χ3n) is 4.21. The smallest absolute Gasteiger partial charge is 0.239 e. The van der Waals surface area contributed by atoms with Gasteiger partial charge < -0.3 is 10.2 Å². The fraction of sp³-hybridized carbons (Fsp3) is 0.929. The van der Waals surface area contributed by atoms with Crippen LogP contribution in [-0.2, 0) is 4.79 Å². The summed E-state index contributed by atoms with van der Waals surface area (Å²) >= 11 is 0. The summed E-state index contributed by atoms with van der Waals surface area (Å²) in [6.45, 7) is 5.25. The average Bonchev–Trinajstić information content (AvgIpc) is 2.76. The van der Waals surface area contributed by atoms with Crippen LogP contribution in [0.4, 0.5) is 0 Å². The fourth-order valence-electron chi connectivity index (χ4n) is 3.20. The van der Waals surface area contributed by atoms with Gasteiger partial charge in [0.1, 0.15) is 0 Å². The molecule has 2 fully saturated rings. The van der Waals surface area contributed by atoms with Gasteiger partial charge >= 0.3 is 0 Å². The molecule has 0 spiro atoms. The molecule has 3 nitrogen and oxygen atoms in total. The maximum absolute atomic E-state index is 12.3. The topological polar surface area (TPSA) is 32.3 Å². The molecular formula is C14H26N2O. The van der Waals surface area contributed by atoms with Crippen LogP contribution in [0.25, 0.3) is 0 Å². The van der Waals surface area contributed by atoms with Gasteiger partial charge in [0, 0.05) is 13.1 Å². The molecule has 0 aliphatic carbocycles. The van der Waals surface area contributed by atoms with Gasteiger partial charge in [0.15, 0.2) is 0 Å². The Morgan fingerprint density at radius 3 is 2.82 bits per heavy atom. The van der Waals surface area contributed by atoms with Crippen molar-refractivity contribution in [2.75, 3.05) is 19.6 Å². The Morgan fingerprint density at radius 2 is 2.12 bits per heavy atom. The first kappa shape index (κ1) is 12.9. The fourth-order valence-corrected chi connectivity index (χ4v) is 3.20. The highest BCUT2D eigenvalue weighted by Gasteiger charge is 2.28. The van der Waals surface area contributed by atoms with E-state index in [0.29, 0.717) is 5.91 Å². The molecule has 2 rings (SSSR count). The van der Waals surface area contributed by atoms with Crippen molar-refractivity contribution >= 4 is 5.91 Å². The highest BCUT2D eigenvalue weighted by Crippen LogP contribution is 2.22. The van der Waals surface area contributed by atoms with Crippen molar-refractivity contribution in [2.24, 2.45) is 5.92 Å².